The lowest BCUT2D eigenvalue weighted by atomic mass is 9.88. The molecule has 17 heavy (non-hydrogen) atoms. The van der Waals surface area contributed by atoms with Gasteiger partial charge in [0.15, 0.2) is 0 Å². The predicted octanol–water partition coefficient (Wildman–Crippen LogP) is 2.12. The number of amides is 1. The van der Waals surface area contributed by atoms with Gasteiger partial charge in [-0.1, -0.05) is 38.1 Å². The molecule has 1 fully saturated rings. The third kappa shape index (κ3) is 2.67. The van der Waals surface area contributed by atoms with Crippen LogP contribution in [0, 0.1) is 0 Å². The van der Waals surface area contributed by atoms with Gasteiger partial charge in [0, 0.05) is 12.3 Å². The molecule has 0 aromatic heterocycles. The summed E-state index contributed by atoms with van der Waals surface area (Å²) in [6.45, 7) is 4.31. The maximum absolute atomic E-state index is 11.1. The number of hydrogen-bond donors (Lipinski definition) is 2. The summed E-state index contributed by atoms with van der Waals surface area (Å²) in [7, 11) is 0. The van der Waals surface area contributed by atoms with Gasteiger partial charge in [-0.15, -0.1) is 0 Å². The fourth-order valence-electron chi connectivity index (χ4n) is 2.26. The second-order valence-corrected chi connectivity index (χ2v) is 4.98. The fraction of sp³-hybridized carbons (Fsp3) is 0.500. The second kappa shape index (κ2) is 4.88. The van der Waals surface area contributed by atoms with Crippen molar-refractivity contribution in [2.75, 3.05) is 0 Å². The molecule has 2 rings (SSSR count). The van der Waals surface area contributed by atoms with Crippen molar-refractivity contribution in [1.82, 2.24) is 5.32 Å². The van der Waals surface area contributed by atoms with Crippen LogP contribution in [0.3, 0.4) is 0 Å². The van der Waals surface area contributed by atoms with Gasteiger partial charge in [0.25, 0.3) is 0 Å². The first-order chi connectivity index (χ1) is 8.08. The maximum Gasteiger partial charge on any atom is 0.222 e. The van der Waals surface area contributed by atoms with E-state index < -0.39 is 6.23 Å². The summed E-state index contributed by atoms with van der Waals surface area (Å²) >= 11 is 0. The molecule has 3 nitrogen and oxygen atoms in total. The standard InChI is InChI=1S/C14H19NO2/c1-9(2)10-3-5-11(6-4-10)12-7-8-13(16)15-14(12)17/h3-6,9,12,14,17H,7-8H2,1-2H3,(H,15,16). The van der Waals surface area contributed by atoms with Gasteiger partial charge < -0.3 is 10.4 Å². The van der Waals surface area contributed by atoms with Crippen molar-refractivity contribution < 1.29 is 9.90 Å². The van der Waals surface area contributed by atoms with Crippen LogP contribution in [0.15, 0.2) is 24.3 Å². The zero-order valence-electron chi connectivity index (χ0n) is 10.3. The van der Waals surface area contributed by atoms with Crippen LogP contribution in [0.4, 0.5) is 0 Å². The summed E-state index contributed by atoms with van der Waals surface area (Å²) in [5.74, 6) is 0.474. The molecular weight excluding hydrogens is 214 g/mol. The molecular formula is C14H19NO2. The Hall–Kier alpha value is -1.35. The van der Waals surface area contributed by atoms with E-state index in [1.165, 1.54) is 5.56 Å². The zero-order valence-corrected chi connectivity index (χ0v) is 10.3. The first kappa shape index (κ1) is 12.1. The van der Waals surface area contributed by atoms with Crippen LogP contribution in [0.2, 0.25) is 0 Å². The third-order valence-electron chi connectivity index (χ3n) is 3.40. The van der Waals surface area contributed by atoms with Gasteiger partial charge in [0.1, 0.15) is 6.23 Å². The molecule has 2 atom stereocenters. The maximum atomic E-state index is 11.1. The molecule has 0 bridgehead atoms. The molecule has 1 amide bonds. The summed E-state index contributed by atoms with van der Waals surface area (Å²) in [6, 6.07) is 8.31. The Balaban J connectivity index is 2.14. The molecule has 1 aliphatic heterocycles. The topological polar surface area (TPSA) is 49.3 Å². The van der Waals surface area contributed by atoms with E-state index in [1.807, 2.05) is 0 Å². The number of rotatable bonds is 2. The van der Waals surface area contributed by atoms with Gasteiger partial charge in [-0.05, 0) is 23.5 Å². The number of aliphatic hydroxyl groups is 1. The van der Waals surface area contributed by atoms with Gasteiger partial charge >= 0.3 is 0 Å². The molecule has 0 radical (unpaired) electrons. The molecule has 0 spiro atoms. The molecule has 1 saturated heterocycles. The van der Waals surface area contributed by atoms with E-state index in [4.69, 9.17) is 0 Å². The van der Waals surface area contributed by atoms with Crippen LogP contribution in [-0.4, -0.2) is 17.2 Å². The monoisotopic (exact) mass is 233 g/mol. The van der Waals surface area contributed by atoms with Crippen LogP contribution in [0.25, 0.3) is 0 Å². The number of piperidine rings is 1. The highest BCUT2D eigenvalue weighted by molar-refractivity contribution is 5.77. The van der Waals surface area contributed by atoms with Crippen molar-refractivity contribution in [2.45, 2.75) is 44.8 Å². The highest BCUT2D eigenvalue weighted by Gasteiger charge is 2.27. The quantitative estimate of drug-likeness (QED) is 0.822. The summed E-state index contributed by atoms with van der Waals surface area (Å²) in [6.07, 6.45) is 0.461. The third-order valence-corrected chi connectivity index (χ3v) is 3.40. The van der Waals surface area contributed by atoms with E-state index in [-0.39, 0.29) is 11.8 Å². The number of nitrogens with one attached hydrogen (secondary N) is 1. The van der Waals surface area contributed by atoms with E-state index in [0.29, 0.717) is 18.8 Å². The fourth-order valence-corrected chi connectivity index (χ4v) is 2.26. The smallest absolute Gasteiger partial charge is 0.222 e. The van der Waals surface area contributed by atoms with Crippen molar-refractivity contribution in [3.05, 3.63) is 35.4 Å². The minimum atomic E-state index is -0.749. The van der Waals surface area contributed by atoms with Crippen LogP contribution >= 0.6 is 0 Å². The molecule has 1 aliphatic rings. The second-order valence-electron chi connectivity index (χ2n) is 4.98. The molecule has 1 heterocycles. The highest BCUT2D eigenvalue weighted by atomic mass is 16.3. The van der Waals surface area contributed by atoms with E-state index >= 15 is 0 Å². The number of benzene rings is 1. The van der Waals surface area contributed by atoms with Crippen molar-refractivity contribution >= 4 is 5.91 Å². The Labute approximate surface area is 102 Å². The number of carbonyl (C=O) groups is 1. The minimum Gasteiger partial charge on any atom is -0.373 e. The molecule has 3 heteroatoms. The van der Waals surface area contributed by atoms with Gasteiger partial charge in [-0.3, -0.25) is 4.79 Å². The first-order valence-corrected chi connectivity index (χ1v) is 6.15. The minimum absolute atomic E-state index is 0.0221. The van der Waals surface area contributed by atoms with Crippen molar-refractivity contribution in [2.24, 2.45) is 0 Å². The Morgan fingerprint density at radius 1 is 1.29 bits per heavy atom. The first-order valence-electron chi connectivity index (χ1n) is 6.15. The van der Waals surface area contributed by atoms with Gasteiger partial charge in [-0.25, -0.2) is 0 Å². The average Bonchev–Trinajstić information content (AvgIpc) is 2.29. The van der Waals surface area contributed by atoms with Gasteiger partial charge in [0.2, 0.25) is 5.91 Å². The number of carbonyl (C=O) groups excluding carboxylic acids is 1. The Morgan fingerprint density at radius 3 is 2.47 bits per heavy atom. The molecule has 92 valence electrons. The number of hydrogen-bond acceptors (Lipinski definition) is 2. The lowest BCUT2D eigenvalue weighted by Crippen LogP contribution is -2.43. The molecule has 2 unspecified atom stereocenters. The molecule has 0 aliphatic carbocycles. The van der Waals surface area contributed by atoms with Crippen LogP contribution < -0.4 is 5.32 Å². The predicted molar refractivity (Wildman–Crippen MR) is 66.7 cm³/mol. The van der Waals surface area contributed by atoms with Crippen LogP contribution in [-0.2, 0) is 4.79 Å². The number of aliphatic hydroxyl groups excluding tert-OH is 1. The lowest BCUT2D eigenvalue weighted by molar-refractivity contribution is -0.127. The molecule has 0 saturated carbocycles. The van der Waals surface area contributed by atoms with Crippen molar-refractivity contribution in [1.29, 1.82) is 0 Å². The van der Waals surface area contributed by atoms with Crippen LogP contribution in [0.1, 0.15) is 49.7 Å². The van der Waals surface area contributed by atoms with E-state index in [2.05, 4.69) is 43.4 Å². The van der Waals surface area contributed by atoms with Gasteiger partial charge in [0.05, 0.1) is 0 Å². The van der Waals surface area contributed by atoms with E-state index in [9.17, 15) is 9.90 Å². The Morgan fingerprint density at radius 2 is 1.94 bits per heavy atom. The Bertz CT molecular complexity index is 397. The summed E-state index contributed by atoms with van der Waals surface area (Å²) in [4.78, 5) is 11.1. The van der Waals surface area contributed by atoms with Crippen molar-refractivity contribution in [3.63, 3.8) is 0 Å². The SMILES string of the molecule is CC(C)c1ccc(C2CCC(=O)NC2O)cc1. The molecule has 1 aromatic carbocycles. The highest BCUT2D eigenvalue weighted by Crippen LogP contribution is 2.28. The summed E-state index contributed by atoms with van der Waals surface area (Å²) < 4.78 is 0. The largest absolute Gasteiger partial charge is 0.373 e. The molecule has 1 aromatic rings. The Kier molecular flexibility index (Phi) is 3.48. The average molecular weight is 233 g/mol. The van der Waals surface area contributed by atoms with Crippen molar-refractivity contribution in [3.8, 4) is 0 Å². The summed E-state index contributed by atoms with van der Waals surface area (Å²) in [5, 5.41) is 12.4. The normalized spacial score (nSPS) is 24.8. The van der Waals surface area contributed by atoms with Gasteiger partial charge in [-0.2, -0.15) is 0 Å². The zero-order chi connectivity index (χ0) is 12.4. The van der Waals surface area contributed by atoms with E-state index in [0.717, 1.165) is 5.56 Å². The molecule has 2 N–H and O–H groups in total. The van der Waals surface area contributed by atoms with E-state index in [1.54, 1.807) is 0 Å². The summed E-state index contributed by atoms with van der Waals surface area (Å²) in [5.41, 5.74) is 2.39. The van der Waals surface area contributed by atoms with Crippen LogP contribution in [0.5, 0.6) is 0 Å². The lowest BCUT2D eigenvalue weighted by Gasteiger charge is -2.28.